The highest BCUT2D eigenvalue weighted by Gasteiger charge is 1.82. The summed E-state index contributed by atoms with van der Waals surface area (Å²) in [6.45, 7) is 1.61. The first-order chi connectivity index (χ1) is 3.00. The number of hydrogen-bond donors (Lipinski definition) is 2. The fourth-order valence-electron chi connectivity index (χ4n) is 0.348. The zero-order valence-corrected chi connectivity index (χ0v) is 4.66. The molecule has 3 nitrogen and oxygen atoms in total. The molecule has 0 spiro atoms. The third-order valence-electron chi connectivity index (χ3n) is 0.613. The smallest absolute Gasteiger partial charge is 0.0915 e. The predicted octanol–water partition coefficient (Wildman–Crippen LogP) is -0.456. The Kier molecular flexibility index (Phi) is 3.74. The molecule has 0 aliphatic carbocycles. The van der Waals surface area contributed by atoms with E-state index in [-0.39, 0.29) is 12.4 Å². The highest BCUT2D eigenvalue weighted by molar-refractivity contribution is 5.85. The zero-order valence-electron chi connectivity index (χ0n) is 3.85. The topological polar surface area (TPSA) is 36.4 Å². The van der Waals surface area contributed by atoms with Crippen LogP contribution in [0.5, 0.6) is 0 Å². The molecule has 0 saturated heterocycles. The van der Waals surface area contributed by atoms with Crippen molar-refractivity contribution in [2.45, 2.75) is 0 Å². The highest BCUT2D eigenvalue weighted by atomic mass is 35.5. The number of hydrogen-bond acceptors (Lipinski definition) is 3. The van der Waals surface area contributed by atoms with Gasteiger partial charge in [0.2, 0.25) is 0 Å². The van der Waals surface area contributed by atoms with Crippen LogP contribution in [0.4, 0.5) is 0 Å². The summed E-state index contributed by atoms with van der Waals surface area (Å²) in [5, 5.41) is 5.86. The van der Waals surface area contributed by atoms with E-state index in [1.54, 1.807) is 6.34 Å². The van der Waals surface area contributed by atoms with Crippen LogP contribution in [0.2, 0.25) is 0 Å². The van der Waals surface area contributed by atoms with Crippen LogP contribution in [0.15, 0.2) is 4.99 Å². The zero-order chi connectivity index (χ0) is 4.24. The maximum atomic E-state index is 3.83. The van der Waals surface area contributed by atoms with Gasteiger partial charge < -0.3 is 5.32 Å². The fraction of sp³-hybridized carbons (Fsp3) is 0.667. The van der Waals surface area contributed by atoms with Gasteiger partial charge in [0.25, 0.3) is 0 Å². The molecule has 0 radical (unpaired) electrons. The Balaban J connectivity index is 0.000000360. The molecule has 0 atom stereocenters. The second-order valence-electron chi connectivity index (χ2n) is 1.10. The molecule has 2 N–H and O–H groups in total. The van der Waals surface area contributed by atoms with Gasteiger partial charge in [0.1, 0.15) is 0 Å². The van der Waals surface area contributed by atoms with E-state index in [1.807, 2.05) is 0 Å². The van der Waals surface area contributed by atoms with Crippen molar-refractivity contribution in [2.75, 3.05) is 13.3 Å². The van der Waals surface area contributed by atoms with Gasteiger partial charge in [-0.1, -0.05) is 0 Å². The van der Waals surface area contributed by atoms with Gasteiger partial charge in [0.15, 0.2) is 0 Å². The number of halogens is 1. The van der Waals surface area contributed by atoms with Crippen LogP contribution in [0.3, 0.4) is 0 Å². The Morgan fingerprint density at radius 1 is 1.57 bits per heavy atom. The first-order valence-electron chi connectivity index (χ1n) is 1.92. The van der Waals surface area contributed by atoms with Crippen LogP contribution in [-0.2, 0) is 0 Å². The molecular formula is C3H8ClN3. The standard InChI is InChI=1S/C3H7N3.ClH/c1-4-2-6-3-5-1;/h1,6H,2-3H2,(H,4,5);1H. The lowest BCUT2D eigenvalue weighted by molar-refractivity contribution is 0.656. The second-order valence-corrected chi connectivity index (χ2v) is 1.10. The Morgan fingerprint density at radius 2 is 2.43 bits per heavy atom. The molecule has 42 valence electrons. The van der Waals surface area contributed by atoms with Crippen LogP contribution in [0.25, 0.3) is 0 Å². The third kappa shape index (κ3) is 2.42. The monoisotopic (exact) mass is 121 g/mol. The Hall–Kier alpha value is -0.280. The Bertz CT molecular complexity index is 55.2. The third-order valence-corrected chi connectivity index (χ3v) is 0.613. The average molecular weight is 122 g/mol. The highest BCUT2D eigenvalue weighted by Crippen LogP contribution is 1.62. The number of nitrogens with zero attached hydrogens (tertiary/aromatic N) is 1. The fourth-order valence-corrected chi connectivity index (χ4v) is 0.348. The van der Waals surface area contributed by atoms with E-state index < -0.39 is 0 Å². The van der Waals surface area contributed by atoms with E-state index in [1.165, 1.54) is 0 Å². The van der Waals surface area contributed by atoms with Gasteiger partial charge in [-0.25, -0.2) is 0 Å². The molecule has 7 heavy (non-hydrogen) atoms. The van der Waals surface area contributed by atoms with Crippen LogP contribution >= 0.6 is 12.4 Å². The number of nitrogens with one attached hydrogen (secondary N) is 2. The van der Waals surface area contributed by atoms with E-state index >= 15 is 0 Å². The molecule has 0 aromatic heterocycles. The van der Waals surface area contributed by atoms with Gasteiger partial charge in [0.05, 0.1) is 19.7 Å². The van der Waals surface area contributed by atoms with Crippen molar-refractivity contribution >= 4 is 18.7 Å². The van der Waals surface area contributed by atoms with Crippen LogP contribution in [0.1, 0.15) is 0 Å². The normalized spacial score (nSPS) is 17.1. The summed E-state index contributed by atoms with van der Waals surface area (Å²) in [4.78, 5) is 3.83. The van der Waals surface area contributed by atoms with Crippen LogP contribution in [0, 0.1) is 0 Å². The molecule has 1 rings (SSSR count). The Morgan fingerprint density at radius 3 is 2.57 bits per heavy atom. The van der Waals surface area contributed by atoms with Gasteiger partial charge >= 0.3 is 0 Å². The van der Waals surface area contributed by atoms with Gasteiger partial charge in [-0.05, 0) is 0 Å². The van der Waals surface area contributed by atoms with Gasteiger partial charge in [-0.3, -0.25) is 10.3 Å². The van der Waals surface area contributed by atoms with Crippen molar-refractivity contribution in [3.05, 3.63) is 0 Å². The maximum absolute atomic E-state index is 3.83. The SMILES string of the molecule is C1=NCNCN1.Cl. The molecule has 0 unspecified atom stereocenters. The lowest BCUT2D eigenvalue weighted by atomic mass is 10.8. The van der Waals surface area contributed by atoms with E-state index in [2.05, 4.69) is 15.6 Å². The molecule has 0 fully saturated rings. The molecular weight excluding hydrogens is 114 g/mol. The van der Waals surface area contributed by atoms with Crippen molar-refractivity contribution in [1.82, 2.24) is 10.6 Å². The summed E-state index contributed by atoms with van der Waals surface area (Å²) in [5.74, 6) is 0. The number of rotatable bonds is 0. The van der Waals surface area contributed by atoms with Gasteiger partial charge in [-0.15, -0.1) is 12.4 Å². The van der Waals surface area contributed by atoms with Crippen molar-refractivity contribution in [2.24, 2.45) is 4.99 Å². The molecule has 0 aromatic carbocycles. The molecule has 0 aromatic rings. The van der Waals surface area contributed by atoms with Crippen molar-refractivity contribution in [3.8, 4) is 0 Å². The summed E-state index contributed by atoms with van der Waals surface area (Å²) in [7, 11) is 0. The molecule has 4 heteroatoms. The summed E-state index contributed by atoms with van der Waals surface area (Å²) >= 11 is 0. The quantitative estimate of drug-likeness (QED) is 0.455. The van der Waals surface area contributed by atoms with Crippen LogP contribution in [-0.4, -0.2) is 19.7 Å². The van der Waals surface area contributed by atoms with E-state index in [9.17, 15) is 0 Å². The summed E-state index contributed by atoms with van der Waals surface area (Å²) < 4.78 is 0. The van der Waals surface area contributed by atoms with E-state index in [4.69, 9.17) is 0 Å². The molecule has 1 aliphatic rings. The number of aliphatic imine (C=N–C) groups is 1. The first kappa shape index (κ1) is 6.72. The second kappa shape index (κ2) is 3.89. The lowest BCUT2D eigenvalue weighted by Crippen LogP contribution is -2.32. The van der Waals surface area contributed by atoms with E-state index in [0.717, 1.165) is 13.3 Å². The van der Waals surface area contributed by atoms with Crippen LogP contribution < -0.4 is 10.6 Å². The average Bonchev–Trinajstić information content (AvgIpc) is 1.72. The van der Waals surface area contributed by atoms with Crippen molar-refractivity contribution in [1.29, 1.82) is 0 Å². The Labute approximate surface area is 48.6 Å². The molecule has 1 heterocycles. The summed E-state index contributed by atoms with van der Waals surface area (Å²) in [5.41, 5.74) is 0. The molecule has 0 amide bonds. The molecule has 0 saturated carbocycles. The largest absolute Gasteiger partial charge is 0.364 e. The summed E-state index contributed by atoms with van der Waals surface area (Å²) in [6.07, 6.45) is 1.70. The molecule has 1 aliphatic heterocycles. The predicted molar refractivity (Wildman–Crippen MR) is 31.7 cm³/mol. The summed E-state index contributed by atoms with van der Waals surface area (Å²) in [6, 6.07) is 0. The first-order valence-corrected chi connectivity index (χ1v) is 1.92. The van der Waals surface area contributed by atoms with Gasteiger partial charge in [0, 0.05) is 0 Å². The minimum Gasteiger partial charge on any atom is -0.364 e. The van der Waals surface area contributed by atoms with Gasteiger partial charge in [-0.2, -0.15) is 0 Å². The maximum Gasteiger partial charge on any atom is 0.0915 e. The molecule has 0 bridgehead atoms. The lowest BCUT2D eigenvalue weighted by Gasteiger charge is -2.04. The van der Waals surface area contributed by atoms with Crippen molar-refractivity contribution < 1.29 is 0 Å². The van der Waals surface area contributed by atoms with E-state index in [0.29, 0.717) is 0 Å². The minimum absolute atomic E-state index is 0. The van der Waals surface area contributed by atoms with Crippen molar-refractivity contribution in [3.63, 3.8) is 0 Å². The minimum atomic E-state index is 0.